The number of benzene rings is 2. The molecule has 0 spiro atoms. The molecule has 1 aliphatic heterocycles. The van der Waals surface area contributed by atoms with Crippen molar-refractivity contribution in [2.45, 2.75) is 58.9 Å². The van der Waals surface area contributed by atoms with Crippen LogP contribution in [0.25, 0.3) is 0 Å². The fraction of sp³-hybridized carbons (Fsp3) is 0.400. The molecule has 30 heavy (non-hydrogen) atoms. The summed E-state index contributed by atoms with van der Waals surface area (Å²) in [5.74, 6) is -0.751. The van der Waals surface area contributed by atoms with E-state index in [2.05, 4.69) is 0 Å². The number of anilines is 1. The average Bonchev–Trinajstić information content (AvgIpc) is 3.01. The topological polar surface area (TPSA) is 57.7 Å². The molecule has 1 aliphatic carbocycles. The first-order valence-corrected chi connectivity index (χ1v) is 10.8. The van der Waals surface area contributed by atoms with Gasteiger partial charge in [-0.2, -0.15) is 0 Å². The van der Waals surface area contributed by atoms with Crippen LogP contribution < -0.4 is 4.90 Å². The fourth-order valence-corrected chi connectivity index (χ4v) is 4.68. The smallest absolute Gasteiger partial charge is 0.266 e. The molecule has 1 heterocycles. The van der Waals surface area contributed by atoms with Crippen molar-refractivity contribution in [3.8, 4) is 0 Å². The zero-order valence-corrected chi connectivity index (χ0v) is 17.9. The number of carbonyl (C=O) groups excluding carboxylic acids is 3. The lowest BCUT2D eigenvalue weighted by atomic mass is 9.93. The molecule has 0 aromatic heterocycles. The largest absolute Gasteiger partial charge is 0.336 e. The van der Waals surface area contributed by atoms with Gasteiger partial charge in [0.1, 0.15) is 0 Å². The molecule has 0 N–H and O–H groups in total. The molecule has 5 heteroatoms. The monoisotopic (exact) mass is 404 g/mol. The Labute approximate surface area is 177 Å². The lowest BCUT2D eigenvalue weighted by molar-refractivity contribution is 0.0647. The second-order valence-electron chi connectivity index (χ2n) is 8.38. The summed E-state index contributed by atoms with van der Waals surface area (Å²) >= 11 is 0. The van der Waals surface area contributed by atoms with Crippen molar-refractivity contribution in [1.82, 2.24) is 4.90 Å². The zero-order valence-electron chi connectivity index (χ0n) is 17.9. The predicted octanol–water partition coefficient (Wildman–Crippen LogP) is 4.90. The van der Waals surface area contributed by atoms with E-state index < -0.39 is 0 Å². The first-order valence-electron chi connectivity index (χ1n) is 10.8. The van der Waals surface area contributed by atoms with E-state index in [0.29, 0.717) is 28.9 Å². The summed E-state index contributed by atoms with van der Waals surface area (Å²) in [6, 6.07) is 10.9. The highest BCUT2D eigenvalue weighted by molar-refractivity contribution is 6.35. The quantitative estimate of drug-likeness (QED) is 0.681. The van der Waals surface area contributed by atoms with Gasteiger partial charge in [-0.3, -0.25) is 14.4 Å². The maximum absolute atomic E-state index is 13.2. The summed E-state index contributed by atoms with van der Waals surface area (Å²) in [7, 11) is 0. The Morgan fingerprint density at radius 3 is 2.37 bits per heavy atom. The van der Waals surface area contributed by atoms with Crippen LogP contribution in [0.15, 0.2) is 36.4 Å². The lowest BCUT2D eigenvalue weighted by Crippen LogP contribution is -2.41. The van der Waals surface area contributed by atoms with Gasteiger partial charge in [-0.05, 0) is 69.0 Å². The van der Waals surface area contributed by atoms with Crippen molar-refractivity contribution in [1.29, 1.82) is 0 Å². The highest BCUT2D eigenvalue weighted by Crippen LogP contribution is 2.32. The van der Waals surface area contributed by atoms with E-state index in [0.717, 1.165) is 36.8 Å². The van der Waals surface area contributed by atoms with Gasteiger partial charge in [-0.15, -0.1) is 0 Å². The van der Waals surface area contributed by atoms with Gasteiger partial charge in [0.05, 0.1) is 16.8 Å². The van der Waals surface area contributed by atoms with Crippen molar-refractivity contribution in [3.05, 3.63) is 64.2 Å². The molecule has 4 rings (SSSR count). The standard InChI is InChI=1S/C25H28N2O3/c1-4-26(19-8-6-5-7-9-19)23(28)18-12-13-20-21(15-18)25(30)27(24(20)29)22-14-16(2)10-11-17(22)3/h10-15,19H,4-9H2,1-3H3. The van der Waals surface area contributed by atoms with Gasteiger partial charge in [0.2, 0.25) is 0 Å². The molecule has 1 saturated carbocycles. The summed E-state index contributed by atoms with van der Waals surface area (Å²) in [6.07, 6.45) is 5.59. The van der Waals surface area contributed by atoms with Gasteiger partial charge in [0, 0.05) is 18.2 Å². The minimum atomic E-state index is -0.362. The molecular formula is C25H28N2O3. The highest BCUT2D eigenvalue weighted by atomic mass is 16.2. The molecule has 0 unspecified atom stereocenters. The number of rotatable bonds is 4. The van der Waals surface area contributed by atoms with Crippen molar-refractivity contribution in [2.75, 3.05) is 11.4 Å². The van der Waals surface area contributed by atoms with Crippen molar-refractivity contribution < 1.29 is 14.4 Å². The molecule has 1 fully saturated rings. The van der Waals surface area contributed by atoms with E-state index in [9.17, 15) is 14.4 Å². The second-order valence-corrected chi connectivity index (χ2v) is 8.38. The van der Waals surface area contributed by atoms with Crippen LogP contribution in [0, 0.1) is 13.8 Å². The average molecular weight is 405 g/mol. The summed E-state index contributed by atoms with van der Waals surface area (Å²) in [6.45, 7) is 6.46. The highest BCUT2D eigenvalue weighted by Gasteiger charge is 2.38. The number of hydrogen-bond acceptors (Lipinski definition) is 3. The summed E-state index contributed by atoms with van der Waals surface area (Å²) in [4.78, 5) is 42.6. The molecule has 0 atom stereocenters. The minimum Gasteiger partial charge on any atom is -0.336 e. The van der Waals surface area contributed by atoms with Crippen LogP contribution in [0.2, 0.25) is 0 Å². The third-order valence-corrected chi connectivity index (χ3v) is 6.36. The number of imide groups is 1. The SMILES string of the molecule is CCN(C(=O)c1ccc2c(c1)C(=O)N(c1cc(C)ccc1C)C2=O)C1CCCCC1. The molecular weight excluding hydrogens is 376 g/mol. The third-order valence-electron chi connectivity index (χ3n) is 6.36. The lowest BCUT2D eigenvalue weighted by Gasteiger charge is -2.33. The van der Waals surface area contributed by atoms with Crippen molar-refractivity contribution in [2.24, 2.45) is 0 Å². The van der Waals surface area contributed by atoms with E-state index in [1.54, 1.807) is 18.2 Å². The minimum absolute atomic E-state index is 0.0577. The molecule has 3 amide bonds. The number of carbonyl (C=O) groups is 3. The van der Waals surface area contributed by atoms with Gasteiger partial charge in [-0.1, -0.05) is 31.4 Å². The van der Waals surface area contributed by atoms with Crippen molar-refractivity contribution in [3.63, 3.8) is 0 Å². The molecule has 2 aromatic carbocycles. The van der Waals surface area contributed by atoms with Gasteiger partial charge in [0.25, 0.3) is 17.7 Å². The molecule has 0 bridgehead atoms. The van der Waals surface area contributed by atoms with Crippen LogP contribution in [-0.2, 0) is 0 Å². The number of nitrogens with zero attached hydrogens (tertiary/aromatic N) is 2. The van der Waals surface area contributed by atoms with Gasteiger partial charge < -0.3 is 4.90 Å². The Morgan fingerprint density at radius 1 is 0.967 bits per heavy atom. The van der Waals surface area contributed by atoms with Crippen LogP contribution in [-0.4, -0.2) is 35.2 Å². The van der Waals surface area contributed by atoms with Gasteiger partial charge in [0.15, 0.2) is 0 Å². The normalized spacial score (nSPS) is 16.7. The first kappa shape index (κ1) is 20.3. The zero-order chi connectivity index (χ0) is 21.4. The Balaban J connectivity index is 1.66. The summed E-state index contributed by atoms with van der Waals surface area (Å²) in [5, 5.41) is 0. The maximum atomic E-state index is 13.2. The van der Waals surface area contributed by atoms with Crippen LogP contribution in [0.4, 0.5) is 5.69 Å². The molecule has 2 aliphatic rings. The third kappa shape index (κ3) is 3.42. The van der Waals surface area contributed by atoms with E-state index in [4.69, 9.17) is 0 Å². The van der Waals surface area contributed by atoms with Crippen molar-refractivity contribution >= 4 is 23.4 Å². The fourth-order valence-electron chi connectivity index (χ4n) is 4.68. The Morgan fingerprint density at radius 2 is 1.67 bits per heavy atom. The maximum Gasteiger partial charge on any atom is 0.266 e. The molecule has 0 radical (unpaired) electrons. The summed E-state index contributed by atoms with van der Waals surface area (Å²) < 4.78 is 0. The van der Waals surface area contributed by atoms with Crippen LogP contribution in [0.5, 0.6) is 0 Å². The summed E-state index contributed by atoms with van der Waals surface area (Å²) in [5.41, 5.74) is 3.59. The molecule has 5 nitrogen and oxygen atoms in total. The van der Waals surface area contributed by atoms with Gasteiger partial charge in [-0.25, -0.2) is 4.90 Å². The van der Waals surface area contributed by atoms with E-state index in [1.165, 1.54) is 11.3 Å². The van der Waals surface area contributed by atoms with E-state index in [1.807, 2.05) is 43.9 Å². The molecule has 2 aromatic rings. The number of fused-ring (bicyclic) bond motifs is 1. The number of amides is 3. The van der Waals surface area contributed by atoms with Crippen LogP contribution in [0.3, 0.4) is 0 Å². The van der Waals surface area contributed by atoms with Crippen LogP contribution >= 0.6 is 0 Å². The Kier molecular flexibility index (Phi) is 5.46. The second kappa shape index (κ2) is 8.05. The Hall–Kier alpha value is -2.95. The molecule has 0 saturated heterocycles. The van der Waals surface area contributed by atoms with E-state index >= 15 is 0 Å². The molecule has 156 valence electrons. The number of aryl methyl sites for hydroxylation is 2. The Bertz CT molecular complexity index is 1020. The van der Waals surface area contributed by atoms with E-state index in [-0.39, 0.29) is 23.8 Å². The number of hydrogen-bond donors (Lipinski definition) is 0. The van der Waals surface area contributed by atoms with Crippen LogP contribution in [0.1, 0.15) is 81.2 Å². The van der Waals surface area contributed by atoms with Gasteiger partial charge >= 0.3 is 0 Å². The predicted molar refractivity (Wildman–Crippen MR) is 117 cm³/mol. The first-order chi connectivity index (χ1) is 14.4.